The fourth-order valence-electron chi connectivity index (χ4n) is 3.43. The van der Waals surface area contributed by atoms with Crippen LogP contribution in [0.3, 0.4) is 0 Å². The highest BCUT2D eigenvalue weighted by Gasteiger charge is 2.29. The Bertz CT molecular complexity index is 850. The van der Waals surface area contributed by atoms with Crippen molar-refractivity contribution in [3.8, 4) is 5.75 Å². The van der Waals surface area contributed by atoms with Crippen LogP contribution in [0.5, 0.6) is 5.75 Å². The van der Waals surface area contributed by atoms with Gasteiger partial charge >= 0.3 is 5.97 Å². The lowest BCUT2D eigenvalue weighted by Crippen LogP contribution is -2.57. The van der Waals surface area contributed by atoms with E-state index < -0.39 is 47.9 Å². The lowest BCUT2D eigenvalue weighted by Gasteiger charge is -2.25. The fourth-order valence-corrected chi connectivity index (χ4v) is 3.43. The summed E-state index contributed by atoms with van der Waals surface area (Å²) in [5, 5.41) is 26.2. The molecule has 0 saturated heterocycles. The number of carbonyl (C=O) groups excluding carboxylic acids is 3. The summed E-state index contributed by atoms with van der Waals surface area (Å²) in [4.78, 5) is 49.7. The molecule has 0 aliphatic carbocycles. The smallest absolute Gasteiger partial charge is 0.325 e. The number of carboxylic acids is 1. The Morgan fingerprint density at radius 1 is 0.806 bits per heavy atom. The molecule has 11 N–H and O–H groups in total. The first-order valence-electron chi connectivity index (χ1n) is 12.2. The molecule has 202 valence electrons. The van der Waals surface area contributed by atoms with Crippen LogP contribution in [-0.2, 0) is 25.6 Å². The van der Waals surface area contributed by atoms with E-state index in [0.717, 1.165) is 5.56 Å². The number of hydrogen-bond donors (Lipinski definition) is 8. The second kappa shape index (κ2) is 16.5. The first-order valence-corrected chi connectivity index (χ1v) is 12.2. The maximum Gasteiger partial charge on any atom is 0.325 e. The van der Waals surface area contributed by atoms with Gasteiger partial charge in [-0.3, -0.25) is 19.2 Å². The van der Waals surface area contributed by atoms with Crippen molar-refractivity contribution >= 4 is 23.7 Å². The third-order valence-electron chi connectivity index (χ3n) is 5.62. The number of amides is 3. The van der Waals surface area contributed by atoms with E-state index in [1.54, 1.807) is 12.1 Å². The van der Waals surface area contributed by atoms with Crippen molar-refractivity contribution in [2.75, 3.05) is 13.1 Å². The van der Waals surface area contributed by atoms with Gasteiger partial charge in [0.15, 0.2) is 0 Å². The molecule has 12 heteroatoms. The highest BCUT2D eigenvalue weighted by molar-refractivity contribution is 5.94. The first kappa shape index (κ1) is 30.8. The number of benzene rings is 1. The molecule has 0 aromatic heterocycles. The van der Waals surface area contributed by atoms with Gasteiger partial charge in [0.25, 0.3) is 0 Å². The van der Waals surface area contributed by atoms with E-state index in [9.17, 15) is 24.3 Å². The molecule has 0 aliphatic rings. The summed E-state index contributed by atoms with van der Waals surface area (Å²) in [6.45, 7) is 2.15. The van der Waals surface area contributed by atoms with Gasteiger partial charge in [-0.1, -0.05) is 12.1 Å². The molecule has 1 rings (SSSR count). The van der Waals surface area contributed by atoms with Crippen LogP contribution in [0.1, 0.15) is 51.0 Å². The summed E-state index contributed by atoms with van der Waals surface area (Å²) in [5.74, 6) is -2.86. The minimum atomic E-state index is -1.20. The molecule has 3 amide bonds. The molecule has 0 saturated carbocycles. The maximum atomic E-state index is 13.1. The average Bonchev–Trinajstić information content (AvgIpc) is 2.83. The lowest BCUT2D eigenvalue weighted by molar-refractivity contribution is -0.141. The number of carbonyl (C=O) groups is 4. The minimum absolute atomic E-state index is 0.0937. The quantitative estimate of drug-likeness (QED) is 0.122. The van der Waals surface area contributed by atoms with E-state index in [1.165, 1.54) is 19.1 Å². The molecular formula is C24H40N6O6. The summed E-state index contributed by atoms with van der Waals surface area (Å²) in [5.41, 5.74) is 17.9. The van der Waals surface area contributed by atoms with Gasteiger partial charge in [-0.05, 0) is 82.7 Å². The highest BCUT2D eigenvalue weighted by Crippen LogP contribution is 2.11. The van der Waals surface area contributed by atoms with E-state index in [0.29, 0.717) is 38.8 Å². The predicted octanol–water partition coefficient (Wildman–Crippen LogP) is -0.921. The number of unbranched alkanes of at least 4 members (excludes halogenated alkanes) is 2. The summed E-state index contributed by atoms with van der Waals surface area (Å²) in [6.07, 6.45) is 3.08. The number of carboxylic acid groups (broad SMARTS) is 1. The maximum absolute atomic E-state index is 13.1. The van der Waals surface area contributed by atoms with Crippen molar-refractivity contribution in [3.05, 3.63) is 29.8 Å². The predicted molar refractivity (Wildman–Crippen MR) is 135 cm³/mol. The first-order chi connectivity index (χ1) is 17.1. The number of hydrogen-bond acceptors (Lipinski definition) is 8. The third kappa shape index (κ3) is 11.5. The van der Waals surface area contributed by atoms with E-state index in [4.69, 9.17) is 22.3 Å². The van der Waals surface area contributed by atoms with Crippen LogP contribution in [0, 0.1) is 0 Å². The van der Waals surface area contributed by atoms with E-state index in [-0.39, 0.29) is 25.0 Å². The fraction of sp³-hybridized carbons (Fsp3) is 0.583. The molecule has 1 aromatic carbocycles. The Morgan fingerprint density at radius 2 is 1.28 bits per heavy atom. The van der Waals surface area contributed by atoms with Crippen molar-refractivity contribution in [3.63, 3.8) is 0 Å². The lowest BCUT2D eigenvalue weighted by atomic mass is 10.0. The Hall–Kier alpha value is -3.22. The zero-order valence-corrected chi connectivity index (χ0v) is 20.7. The second-order valence-corrected chi connectivity index (χ2v) is 8.74. The van der Waals surface area contributed by atoms with Gasteiger partial charge in [0, 0.05) is 0 Å². The zero-order valence-electron chi connectivity index (χ0n) is 20.7. The molecule has 0 aliphatic heterocycles. The van der Waals surface area contributed by atoms with Gasteiger partial charge in [0.1, 0.15) is 23.9 Å². The highest BCUT2D eigenvalue weighted by atomic mass is 16.4. The van der Waals surface area contributed by atoms with Gasteiger partial charge in [0.2, 0.25) is 17.7 Å². The van der Waals surface area contributed by atoms with Crippen LogP contribution in [0.2, 0.25) is 0 Å². The third-order valence-corrected chi connectivity index (χ3v) is 5.62. The Balaban J connectivity index is 2.91. The molecule has 1 aromatic rings. The summed E-state index contributed by atoms with van der Waals surface area (Å²) in [7, 11) is 0. The average molecular weight is 509 g/mol. The van der Waals surface area contributed by atoms with Crippen molar-refractivity contribution in [2.45, 2.75) is 76.0 Å². The largest absolute Gasteiger partial charge is 0.508 e. The molecule has 0 radical (unpaired) electrons. The van der Waals surface area contributed by atoms with Crippen LogP contribution >= 0.6 is 0 Å². The van der Waals surface area contributed by atoms with Crippen LogP contribution in [-0.4, -0.2) is 71.2 Å². The number of nitrogens with one attached hydrogen (secondary N) is 3. The molecule has 36 heavy (non-hydrogen) atoms. The van der Waals surface area contributed by atoms with Crippen LogP contribution in [0.25, 0.3) is 0 Å². The number of rotatable bonds is 17. The van der Waals surface area contributed by atoms with Gasteiger partial charge < -0.3 is 43.4 Å². The number of nitrogens with two attached hydrogens (primary N) is 3. The Labute approximate surface area is 211 Å². The van der Waals surface area contributed by atoms with Gasteiger partial charge in [0.05, 0.1) is 6.04 Å². The molecular weight excluding hydrogens is 468 g/mol. The normalized spacial score (nSPS) is 14.2. The van der Waals surface area contributed by atoms with E-state index in [1.807, 2.05) is 0 Å². The zero-order chi connectivity index (χ0) is 27.1. The molecule has 0 fully saturated rings. The minimum Gasteiger partial charge on any atom is -0.508 e. The number of aromatic hydroxyl groups is 1. The summed E-state index contributed by atoms with van der Waals surface area (Å²) >= 11 is 0. The van der Waals surface area contributed by atoms with Crippen LogP contribution in [0.4, 0.5) is 0 Å². The van der Waals surface area contributed by atoms with Crippen LogP contribution < -0.4 is 33.2 Å². The van der Waals surface area contributed by atoms with Gasteiger partial charge in [-0.15, -0.1) is 0 Å². The summed E-state index contributed by atoms with van der Waals surface area (Å²) in [6, 6.07) is 2.24. The molecule has 0 bridgehead atoms. The molecule has 4 atom stereocenters. The molecule has 0 heterocycles. The summed E-state index contributed by atoms with van der Waals surface area (Å²) < 4.78 is 0. The Morgan fingerprint density at radius 3 is 1.75 bits per heavy atom. The van der Waals surface area contributed by atoms with Crippen molar-refractivity contribution in [1.82, 2.24) is 16.0 Å². The van der Waals surface area contributed by atoms with Crippen molar-refractivity contribution < 1.29 is 29.4 Å². The van der Waals surface area contributed by atoms with Gasteiger partial charge in [-0.25, -0.2) is 0 Å². The topological polar surface area (TPSA) is 223 Å². The monoisotopic (exact) mass is 508 g/mol. The van der Waals surface area contributed by atoms with Gasteiger partial charge in [-0.2, -0.15) is 0 Å². The Kier molecular flexibility index (Phi) is 14.1. The molecule has 0 unspecified atom stereocenters. The van der Waals surface area contributed by atoms with Crippen molar-refractivity contribution in [1.29, 1.82) is 0 Å². The molecule has 12 nitrogen and oxygen atoms in total. The number of phenols is 1. The second-order valence-electron chi connectivity index (χ2n) is 8.74. The number of aliphatic carboxylic acids is 1. The molecule has 0 spiro atoms. The van der Waals surface area contributed by atoms with E-state index in [2.05, 4.69) is 16.0 Å². The number of phenolic OH excluding ortho intramolecular Hbond substituents is 1. The van der Waals surface area contributed by atoms with Crippen molar-refractivity contribution in [2.24, 2.45) is 17.2 Å². The standard InChI is InChI=1S/C24H40N6O6/c1-15(24(35)36)28-22(33)19(6-2-4-12-25)30-23(34)20(7-3-5-13-26)29-21(32)18(27)14-16-8-10-17(31)11-9-16/h8-11,15,18-20,31H,2-7,12-14,25-27H2,1H3,(H,28,33)(H,29,32)(H,30,34)(H,35,36)/t15-,18-,19-,20-/m0/s1. The van der Waals surface area contributed by atoms with Crippen LogP contribution in [0.15, 0.2) is 24.3 Å². The van der Waals surface area contributed by atoms with E-state index >= 15 is 0 Å². The SMILES string of the molecule is C[C@H](NC(=O)[C@H](CCCCN)NC(=O)[C@H](CCCCN)NC(=O)[C@@H](N)Cc1ccc(O)cc1)C(=O)O.